The van der Waals surface area contributed by atoms with Crippen LogP contribution in [0.4, 0.5) is 0 Å². The summed E-state index contributed by atoms with van der Waals surface area (Å²) in [6.45, 7) is 0.512. The van der Waals surface area contributed by atoms with Gasteiger partial charge in [-0.1, -0.05) is 12.1 Å². The summed E-state index contributed by atoms with van der Waals surface area (Å²) in [4.78, 5) is 10.3. The summed E-state index contributed by atoms with van der Waals surface area (Å²) >= 11 is 0. The molecule has 1 N–H and O–H groups in total. The van der Waals surface area contributed by atoms with E-state index in [1.807, 2.05) is 6.07 Å². The number of carboxylic acid groups (broad SMARTS) is 1. The Morgan fingerprint density at radius 1 is 1.29 bits per heavy atom. The van der Waals surface area contributed by atoms with Crippen molar-refractivity contribution in [2.75, 3.05) is 6.61 Å². The number of hydrogen-bond acceptors (Lipinski definition) is 3. The minimum absolute atomic E-state index is 0.203. The van der Waals surface area contributed by atoms with Gasteiger partial charge in [-0.3, -0.25) is 4.79 Å². The molecule has 0 atom stereocenters. The second kappa shape index (κ2) is 7.29. The Morgan fingerprint density at radius 3 is 2.76 bits per heavy atom. The fourth-order valence-corrected chi connectivity index (χ4v) is 1.42. The third-order valence-electron chi connectivity index (χ3n) is 2.30. The SMILES string of the molecule is N#Cc1ccccc1OCCCCCC(=O)O. The van der Waals surface area contributed by atoms with Crippen molar-refractivity contribution in [1.82, 2.24) is 0 Å². The first-order valence-corrected chi connectivity index (χ1v) is 5.58. The van der Waals surface area contributed by atoms with Gasteiger partial charge in [0, 0.05) is 6.42 Å². The molecule has 0 spiro atoms. The first kappa shape index (κ1) is 13.0. The molecule has 4 heteroatoms. The van der Waals surface area contributed by atoms with Crippen LogP contribution in [0.25, 0.3) is 0 Å². The normalized spacial score (nSPS) is 9.59. The van der Waals surface area contributed by atoms with Gasteiger partial charge in [-0.2, -0.15) is 5.26 Å². The second-order valence-electron chi connectivity index (χ2n) is 3.66. The molecule has 0 unspecified atom stereocenters. The molecule has 0 aliphatic carbocycles. The Morgan fingerprint density at radius 2 is 2.06 bits per heavy atom. The standard InChI is InChI=1S/C13H15NO3/c14-10-11-6-3-4-7-12(11)17-9-5-1-2-8-13(15)16/h3-4,6-7H,1-2,5,8-9H2,(H,15,16). The van der Waals surface area contributed by atoms with Gasteiger partial charge in [0.25, 0.3) is 0 Å². The lowest BCUT2D eigenvalue weighted by molar-refractivity contribution is -0.137. The molecule has 0 bridgehead atoms. The van der Waals surface area contributed by atoms with Crippen LogP contribution in [-0.4, -0.2) is 17.7 Å². The number of hydrogen-bond donors (Lipinski definition) is 1. The zero-order valence-corrected chi connectivity index (χ0v) is 9.56. The summed E-state index contributed by atoms with van der Waals surface area (Å²) in [6, 6.07) is 9.14. The van der Waals surface area contributed by atoms with Gasteiger partial charge in [-0.05, 0) is 31.4 Å². The van der Waals surface area contributed by atoms with E-state index in [0.717, 1.165) is 12.8 Å². The van der Waals surface area contributed by atoms with Crippen molar-refractivity contribution >= 4 is 5.97 Å². The highest BCUT2D eigenvalue weighted by atomic mass is 16.5. The van der Waals surface area contributed by atoms with Gasteiger partial charge in [0.15, 0.2) is 0 Å². The molecular weight excluding hydrogens is 218 g/mol. The Labute approximate surface area is 100 Å². The largest absolute Gasteiger partial charge is 0.492 e. The van der Waals surface area contributed by atoms with Gasteiger partial charge in [0.1, 0.15) is 11.8 Å². The number of nitrogens with zero attached hydrogens (tertiary/aromatic N) is 1. The van der Waals surface area contributed by atoms with E-state index in [0.29, 0.717) is 24.3 Å². The molecule has 0 heterocycles. The van der Waals surface area contributed by atoms with Gasteiger partial charge in [-0.15, -0.1) is 0 Å². The summed E-state index contributed by atoms with van der Waals surface area (Å²) in [5.74, 6) is -0.172. The highest BCUT2D eigenvalue weighted by Crippen LogP contribution is 2.16. The third-order valence-corrected chi connectivity index (χ3v) is 2.30. The van der Waals surface area contributed by atoms with Crippen molar-refractivity contribution in [2.45, 2.75) is 25.7 Å². The molecule has 0 radical (unpaired) electrons. The van der Waals surface area contributed by atoms with Gasteiger partial charge >= 0.3 is 5.97 Å². The van der Waals surface area contributed by atoms with E-state index >= 15 is 0 Å². The lowest BCUT2D eigenvalue weighted by Crippen LogP contribution is -2.00. The maximum absolute atomic E-state index is 10.3. The number of aliphatic carboxylic acids is 1. The topological polar surface area (TPSA) is 70.3 Å². The minimum atomic E-state index is -0.763. The molecule has 0 saturated heterocycles. The Kier molecular flexibility index (Phi) is 5.59. The highest BCUT2D eigenvalue weighted by Gasteiger charge is 2.01. The first-order valence-electron chi connectivity index (χ1n) is 5.58. The van der Waals surface area contributed by atoms with Crippen molar-refractivity contribution < 1.29 is 14.6 Å². The van der Waals surface area contributed by atoms with Crippen LogP contribution in [0.2, 0.25) is 0 Å². The summed E-state index contributed by atoms with van der Waals surface area (Å²) in [5.41, 5.74) is 0.526. The van der Waals surface area contributed by atoms with Crippen molar-refractivity contribution in [3.05, 3.63) is 29.8 Å². The van der Waals surface area contributed by atoms with Crippen LogP contribution >= 0.6 is 0 Å². The van der Waals surface area contributed by atoms with Gasteiger partial charge in [0.05, 0.1) is 12.2 Å². The van der Waals surface area contributed by atoms with Crippen LogP contribution in [0.5, 0.6) is 5.75 Å². The smallest absolute Gasteiger partial charge is 0.303 e. The zero-order chi connectivity index (χ0) is 12.5. The summed E-state index contributed by atoms with van der Waals surface area (Å²) in [6.07, 6.45) is 2.49. The van der Waals surface area contributed by atoms with Crippen LogP contribution in [0.1, 0.15) is 31.2 Å². The summed E-state index contributed by atoms with van der Waals surface area (Å²) in [5, 5.41) is 17.3. The molecule has 0 saturated carbocycles. The average molecular weight is 233 g/mol. The molecule has 1 aromatic carbocycles. The quantitative estimate of drug-likeness (QED) is 0.735. The summed E-state index contributed by atoms with van der Waals surface area (Å²) < 4.78 is 5.47. The van der Waals surface area contributed by atoms with Gasteiger partial charge < -0.3 is 9.84 Å². The zero-order valence-electron chi connectivity index (χ0n) is 9.56. The fourth-order valence-electron chi connectivity index (χ4n) is 1.42. The van der Waals surface area contributed by atoms with E-state index in [4.69, 9.17) is 15.1 Å². The number of carbonyl (C=O) groups is 1. The monoisotopic (exact) mass is 233 g/mol. The number of rotatable bonds is 7. The maximum atomic E-state index is 10.3. The minimum Gasteiger partial charge on any atom is -0.492 e. The maximum Gasteiger partial charge on any atom is 0.303 e. The lowest BCUT2D eigenvalue weighted by Gasteiger charge is -2.06. The number of ether oxygens (including phenoxy) is 1. The molecule has 0 aliphatic rings. The molecule has 90 valence electrons. The fraction of sp³-hybridized carbons (Fsp3) is 0.385. The van der Waals surface area contributed by atoms with Crippen LogP contribution in [0.3, 0.4) is 0 Å². The van der Waals surface area contributed by atoms with Crippen LogP contribution < -0.4 is 4.74 Å². The van der Waals surface area contributed by atoms with Crippen molar-refractivity contribution in [2.24, 2.45) is 0 Å². The van der Waals surface area contributed by atoms with Crippen molar-refractivity contribution in [1.29, 1.82) is 5.26 Å². The van der Waals surface area contributed by atoms with E-state index in [1.165, 1.54) is 0 Å². The Balaban J connectivity index is 2.22. The van der Waals surface area contributed by atoms with Crippen LogP contribution in [0, 0.1) is 11.3 Å². The van der Waals surface area contributed by atoms with Gasteiger partial charge in [-0.25, -0.2) is 0 Å². The Hall–Kier alpha value is -2.02. The predicted molar refractivity (Wildman–Crippen MR) is 62.8 cm³/mol. The molecule has 4 nitrogen and oxygen atoms in total. The molecule has 1 aromatic rings. The van der Waals surface area contributed by atoms with Crippen LogP contribution in [-0.2, 0) is 4.79 Å². The summed E-state index contributed by atoms with van der Waals surface area (Å²) in [7, 11) is 0. The molecule has 0 aliphatic heterocycles. The third kappa shape index (κ3) is 5.03. The van der Waals surface area contributed by atoms with Crippen LogP contribution in [0.15, 0.2) is 24.3 Å². The number of nitriles is 1. The Bertz CT molecular complexity index is 409. The van der Waals surface area contributed by atoms with Crippen molar-refractivity contribution in [3.63, 3.8) is 0 Å². The highest BCUT2D eigenvalue weighted by molar-refractivity contribution is 5.66. The average Bonchev–Trinajstić information content (AvgIpc) is 2.33. The van der Waals surface area contributed by atoms with E-state index in [2.05, 4.69) is 6.07 Å². The first-order chi connectivity index (χ1) is 8.24. The molecule has 0 aromatic heterocycles. The lowest BCUT2D eigenvalue weighted by atomic mass is 10.2. The molecule has 0 fully saturated rings. The predicted octanol–water partition coefficient (Wildman–Crippen LogP) is 2.58. The number of unbranched alkanes of at least 4 members (excludes halogenated alkanes) is 2. The second-order valence-corrected chi connectivity index (χ2v) is 3.66. The van der Waals surface area contributed by atoms with E-state index in [1.54, 1.807) is 18.2 Å². The van der Waals surface area contributed by atoms with Crippen molar-refractivity contribution in [3.8, 4) is 11.8 Å². The molecular formula is C13H15NO3. The number of carboxylic acids is 1. The molecule has 17 heavy (non-hydrogen) atoms. The number of para-hydroxylation sites is 1. The van der Waals surface area contributed by atoms with E-state index in [9.17, 15) is 4.79 Å². The van der Waals surface area contributed by atoms with E-state index in [-0.39, 0.29) is 6.42 Å². The van der Waals surface area contributed by atoms with E-state index < -0.39 is 5.97 Å². The molecule has 0 amide bonds. The van der Waals surface area contributed by atoms with Gasteiger partial charge in [0.2, 0.25) is 0 Å². The number of benzene rings is 1. The molecule has 1 rings (SSSR count).